The Labute approximate surface area is 156 Å². The van der Waals surface area contributed by atoms with Crippen molar-refractivity contribution >= 4 is 11.6 Å². The van der Waals surface area contributed by atoms with Crippen LogP contribution in [0.4, 0.5) is 11.6 Å². The summed E-state index contributed by atoms with van der Waals surface area (Å²) in [6, 6.07) is 12.3. The highest BCUT2D eigenvalue weighted by Crippen LogP contribution is 2.23. The summed E-state index contributed by atoms with van der Waals surface area (Å²) >= 11 is 0. The largest absolute Gasteiger partial charge is 0.369 e. The molecule has 0 unspecified atom stereocenters. The molecule has 6 heteroatoms. The number of likely N-dealkylation sites (N-methyl/N-ethyl adjacent to an activating group) is 2. The third-order valence-electron chi connectivity index (χ3n) is 4.75. The Morgan fingerprint density at radius 3 is 2.42 bits per heavy atom. The molecule has 0 radical (unpaired) electrons. The third-order valence-corrected chi connectivity index (χ3v) is 4.75. The fourth-order valence-electron chi connectivity index (χ4n) is 3.10. The number of benzene rings is 1. The lowest BCUT2D eigenvalue weighted by Crippen LogP contribution is -2.46. The molecule has 0 spiro atoms. The highest BCUT2D eigenvalue weighted by Gasteiger charge is 2.18. The number of nitrogens with zero attached hydrogens (tertiary/aromatic N) is 5. The standard InChI is InChI=1S/C20H30N6/c1-4-25-12-14-26(15-13-25)19-16-18(21-10-11-24(2)3)22-20(23-19)17-8-6-5-7-9-17/h5-9,16H,4,10-15H2,1-3H3,(H,21,22,23). The molecular weight excluding hydrogens is 324 g/mol. The molecule has 1 aromatic carbocycles. The molecule has 0 bridgehead atoms. The van der Waals surface area contributed by atoms with Gasteiger partial charge in [-0.25, -0.2) is 9.97 Å². The lowest BCUT2D eigenvalue weighted by atomic mass is 10.2. The van der Waals surface area contributed by atoms with Crippen LogP contribution in [0.15, 0.2) is 36.4 Å². The molecule has 2 aromatic rings. The van der Waals surface area contributed by atoms with Crippen LogP contribution in [0.25, 0.3) is 11.4 Å². The molecule has 1 saturated heterocycles. The highest BCUT2D eigenvalue weighted by atomic mass is 15.3. The van der Waals surface area contributed by atoms with Crippen molar-refractivity contribution < 1.29 is 0 Å². The summed E-state index contributed by atoms with van der Waals surface area (Å²) in [6.45, 7) is 9.36. The fraction of sp³-hybridized carbons (Fsp3) is 0.500. The van der Waals surface area contributed by atoms with E-state index in [4.69, 9.17) is 9.97 Å². The minimum Gasteiger partial charge on any atom is -0.369 e. The van der Waals surface area contributed by atoms with E-state index in [0.29, 0.717) is 0 Å². The van der Waals surface area contributed by atoms with Crippen LogP contribution in [0.3, 0.4) is 0 Å². The second kappa shape index (κ2) is 8.96. The van der Waals surface area contributed by atoms with Gasteiger partial charge in [0.2, 0.25) is 0 Å². The smallest absolute Gasteiger partial charge is 0.163 e. The van der Waals surface area contributed by atoms with Gasteiger partial charge in [0.15, 0.2) is 5.82 Å². The van der Waals surface area contributed by atoms with E-state index in [1.165, 1.54) is 0 Å². The zero-order chi connectivity index (χ0) is 18.4. The van der Waals surface area contributed by atoms with Gasteiger partial charge in [-0.15, -0.1) is 0 Å². The molecule has 1 aliphatic heterocycles. The van der Waals surface area contributed by atoms with Gasteiger partial charge in [-0.1, -0.05) is 37.3 Å². The molecule has 0 atom stereocenters. The van der Waals surface area contributed by atoms with Gasteiger partial charge in [0.1, 0.15) is 11.6 Å². The average molecular weight is 355 g/mol. The van der Waals surface area contributed by atoms with Gasteiger partial charge in [-0.05, 0) is 20.6 Å². The van der Waals surface area contributed by atoms with Crippen molar-refractivity contribution in [3.8, 4) is 11.4 Å². The first-order valence-corrected chi connectivity index (χ1v) is 9.46. The summed E-state index contributed by atoms with van der Waals surface area (Å²) in [4.78, 5) is 16.6. The number of piperazine rings is 1. The summed E-state index contributed by atoms with van der Waals surface area (Å²) in [5, 5.41) is 3.46. The Kier molecular flexibility index (Phi) is 6.41. The summed E-state index contributed by atoms with van der Waals surface area (Å²) in [5.74, 6) is 2.70. The minimum absolute atomic E-state index is 0.786. The van der Waals surface area contributed by atoms with Crippen LogP contribution in [-0.4, -0.2) is 79.7 Å². The molecule has 140 valence electrons. The summed E-state index contributed by atoms with van der Waals surface area (Å²) in [6.07, 6.45) is 0. The number of hydrogen-bond acceptors (Lipinski definition) is 6. The van der Waals surface area contributed by atoms with E-state index in [2.05, 4.69) is 59.2 Å². The van der Waals surface area contributed by atoms with Gasteiger partial charge < -0.3 is 20.0 Å². The van der Waals surface area contributed by atoms with E-state index in [1.54, 1.807) is 0 Å². The number of rotatable bonds is 7. The van der Waals surface area contributed by atoms with E-state index in [-0.39, 0.29) is 0 Å². The van der Waals surface area contributed by atoms with Crippen molar-refractivity contribution in [2.24, 2.45) is 0 Å². The Morgan fingerprint density at radius 1 is 1.04 bits per heavy atom. The first-order valence-electron chi connectivity index (χ1n) is 9.46. The molecule has 1 fully saturated rings. The zero-order valence-electron chi connectivity index (χ0n) is 16.1. The number of anilines is 2. The van der Waals surface area contributed by atoms with Crippen LogP contribution >= 0.6 is 0 Å². The van der Waals surface area contributed by atoms with E-state index in [9.17, 15) is 0 Å². The Balaban J connectivity index is 1.83. The quantitative estimate of drug-likeness (QED) is 0.823. The van der Waals surface area contributed by atoms with Crippen LogP contribution in [0.1, 0.15) is 6.92 Å². The Hall–Kier alpha value is -2.18. The second-order valence-electron chi connectivity index (χ2n) is 6.95. The van der Waals surface area contributed by atoms with E-state index in [0.717, 1.165) is 68.8 Å². The first kappa shape index (κ1) is 18.6. The van der Waals surface area contributed by atoms with Gasteiger partial charge in [0.25, 0.3) is 0 Å². The van der Waals surface area contributed by atoms with Crippen LogP contribution in [-0.2, 0) is 0 Å². The van der Waals surface area contributed by atoms with Crippen LogP contribution < -0.4 is 10.2 Å². The fourth-order valence-corrected chi connectivity index (χ4v) is 3.10. The number of aromatic nitrogens is 2. The molecule has 1 N–H and O–H groups in total. The lowest BCUT2D eigenvalue weighted by molar-refractivity contribution is 0.270. The normalized spacial score (nSPS) is 15.5. The van der Waals surface area contributed by atoms with E-state index < -0.39 is 0 Å². The molecule has 0 saturated carbocycles. The van der Waals surface area contributed by atoms with E-state index >= 15 is 0 Å². The van der Waals surface area contributed by atoms with Crippen molar-refractivity contribution in [2.75, 3.05) is 70.1 Å². The highest BCUT2D eigenvalue weighted by molar-refractivity contribution is 5.61. The van der Waals surface area contributed by atoms with Gasteiger partial charge >= 0.3 is 0 Å². The topological polar surface area (TPSA) is 47.5 Å². The van der Waals surface area contributed by atoms with Gasteiger partial charge in [0.05, 0.1) is 0 Å². The summed E-state index contributed by atoms with van der Waals surface area (Å²) in [7, 11) is 4.16. The first-order chi connectivity index (χ1) is 12.7. The van der Waals surface area contributed by atoms with Crippen molar-refractivity contribution in [3.63, 3.8) is 0 Å². The average Bonchev–Trinajstić information content (AvgIpc) is 2.68. The van der Waals surface area contributed by atoms with Crippen LogP contribution in [0.5, 0.6) is 0 Å². The molecule has 1 aliphatic rings. The van der Waals surface area contributed by atoms with Gasteiger partial charge in [-0.2, -0.15) is 0 Å². The van der Waals surface area contributed by atoms with Crippen molar-refractivity contribution in [2.45, 2.75) is 6.92 Å². The molecule has 6 nitrogen and oxygen atoms in total. The maximum atomic E-state index is 4.87. The predicted octanol–water partition coefficient (Wildman–Crippen LogP) is 2.26. The zero-order valence-corrected chi connectivity index (χ0v) is 16.1. The molecule has 0 aliphatic carbocycles. The van der Waals surface area contributed by atoms with Crippen molar-refractivity contribution in [3.05, 3.63) is 36.4 Å². The third kappa shape index (κ3) is 4.93. The minimum atomic E-state index is 0.786. The summed E-state index contributed by atoms with van der Waals surface area (Å²) < 4.78 is 0. The maximum absolute atomic E-state index is 4.87. The predicted molar refractivity (Wildman–Crippen MR) is 109 cm³/mol. The van der Waals surface area contributed by atoms with E-state index in [1.807, 2.05) is 18.2 Å². The maximum Gasteiger partial charge on any atom is 0.163 e. The summed E-state index contributed by atoms with van der Waals surface area (Å²) in [5.41, 5.74) is 1.05. The lowest BCUT2D eigenvalue weighted by Gasteiger charge is -2.35. The monoisotopic (exact) mass is 354 g/mol. The number of hydrogen-bond donors (Lipinski definition) is 1. The van der Waals surface area contributed by atoms with Crippen LogP contribution in [0.2, 0.25) is 0 Å². The Morgan fingerprint density at radius 2 is 1.77 bits per heavy atom. The van der Waals surface area contributed by atoms with Crippen LogP contribution in [0, 0.1) is 0 Å². The van der Waals surface area contributed by atoms with Crippen molar-refractivity contribution in [1.29, 1.82) is 0 Å². The SMILES string of the molecule is CCN1CCN(c2cc(NCCN(C)C)nc(-c3ccccc3)n2)CC1. The molecule has 26 heavy (non-hydrogen) atoms. The van der Waals surface area contributed by atoms with Gasteiger partial charge in [0, 0.05) is 50.9 Å². The van der Waals surface area contributed by atoms with Crippen molar-refractivity contribution in [1.82, 2.24) is 19.8 Å². The number of nitrogens with one attached hydrogen (secondary N) is 1. The Bertz CT molecular complexity index is 680. The second-order valence-corrected chi connectivity index (χ2v) is 6.95. The molecule has 2 heterocycles. The molecule has 3 rings (SSSR count). The molecular formula is C20H30N6. The molecule has 1 aromatic heterocycles. The molecule has 0 amide bonds. The van der Waals surface area contributed by atoms with Gasteiger partial charge in [-0.3, -0.25) is 0 Å².